The fourth-order valence-electron chi connectivity index (χ4n) is 6.00. The van der Waals surface area contributed by atoms with Crippen LogP contribution in [0.15, 0.2) is 61.2 Å². The number of alkyl carbamates (subject to hydrolysis) is 1. The predicted octanol–water partition coefficient (Wildman–Crippen LogP) is 4.23. The molecule has 7 heteroatoms. The van der Waals surface area contributed by atoms with Crippen LogP contribution in [-0.2, 0) is 14.3 Å². The first-order chi connectivity index (χ1) is 16.9. The van der Waals surface area contributed by atoms with Gasteiger partial charge in [0.05, 0.1) is 5.41 Å². The van der Waals surface area contributed by atoms with Gasteiger partial charge in [0.1, 0.15) is 12.6 Å². The highest BCUT2D eigenvalue weighted by Gasteiger charge is 2.73. The van der Waals surface area contributed by atoms with Gasteiger partial charge in [0, 0.05) is 12.5 Å². The summed E-state index contributed by atoms with van der Waals surface area (Å²) in [6.45, 7) is 3.91. The minimum Gasteiger partial charge on any atom is -0.480 e. The smallest absolute Gasteiger partial charge is 0.407 e. The number of amides is 2. The van der Waals surface area contributed by atoms with Crippen LogP contribution >= 0.6 is 0 Å². The molecule has 0 aromatic heterocycles. The highest BCUT2D eigenvalue weighted by molar-refractivity contribution is 5.91. The molecule has 0 bridgehead atoms. The zero-order chi connectivity index (χ0) is 24.6. The number of hydrogen-bond donors (Lipinski definition) is 3. The van der Waals surface area contributed by atoms with E-state index in [2.05, 4.69) is 41.5 Å². The molecular weight excluding hydrogens is 444 g/mol. The Morgan fingerprint density at radius 2 is 1.71 bits per heavy atom. The zero-order valence-electron chi connectivity index (χ0n) is 19.6. The number of carbonyl (C=O) groups excluding carboxylic acids is 2. The number of hydrogen-bond acceptors (Lipinski definition) is 4. The Balaban J connectivity index is 1.23. The van der Waals surface area contributed by atoms with Crippen LogP contribution in [0, 0.1) is 10.8 Å². The molecule has 7 nitrogen and oxygen atoms in total. The van der Waals surface area contributed by atoms with Crippen LogP contribution in [0.2, 0.25) is 0 Å². The van der Waals surface area contributed by atoms with Crippen molar-refractivity contribution in [2.24, 2.45) is 10.8 Å². The molecule has 5 rings (SSSR count). The second-order valence-electron chi connectivity index (χ2n) is 9.96. The van der Waals surface area contributed by atoms with Crippen LogP contribution in [0.25, 0.3) is 11.1 Å². The Kier molecular flexibility index (Phi) is 5.87. The Morgan fingerprint density at radius 3 is 2.23 bits per heavy atom. The fourth-order valence-corrected chi connectivity index (χ4v) is 6.00. The van der Waals surface area contributed by atoms with E-state index in [4.69, 9.17) is 4.74 Å². The van der Waals surface area contributed by atoms with Crippen LogP contribution < -0.4 is 10.6 Å². The summed E-state index contributed by atoms with van der Waals surface area (Å²) in [6, 6.07) is 15.3. The Bertz CT molecular complexity index is 1140. The SMILES string of the molecule is C=CCC(NC(=O)C1(CNC(=O)OCC2c3ccccc3-c3ccccc32)CC12CCC2)C(=O)O. The van der Waals surface area contributed by atoms with Gasteiger partial charge in [-0.25, -0.2) is 9.59 Å². The van der Waals surface area contributed by atoms with E-state index in [1.807, 2.05) is 24.3 Å². The van der Waals surface area contributed by atoms with E-state index in [9.17, 15) is 19.5 Å². The molecule has 0 saturated heterocycles. The normalized spacial score (nSPS) is 21.7. The van der Waals surface area contributed by atoms with Crippen molar-refractivity contribution >= 4 is 18.0 Å². The van der Waals surface area contributed by atoms with E-state index in [1.165, 1.54) is 6.08 Å². The molecular formula is C28H30N2O5. The molecule has 3 aliphatic rings. The summed E-state index contributed by atoms with van der Waals surface area (Å²) in [4.78, 5) is 37.4. The fraction of sp³-hybridized carbons (Fsp3) is 0.393. The van der Waals surface area contributed by atoms with Crippen molar-refractivity contribution in [2.75, 3.05) is 13.2 Å². The molecule has 0 radical (unpaired) electrons. The average molecular weight is 475 g/mol. The molecule has 0 heterocycles. The number of rotatable bonds is 9. The minimum atomic E-state index is -1.10. The molecule has 3 aliphatic carbocycles. The highest BCUT2D eigenvalue weighted by atomic mass is 16.5. The lowest BCUT2D eigenvalue weighted by atomic mass is 9.74. The number of carboxylic acids is 1. The van der Waals surface area contributed by atoms with Crippen molar-refractivity contribution in [3.05, 3.63) is 72.3 Å². The molecule has 2 saturated carbocycles. The predicted molar refractivity (Wildman–Crippen MR) is 131 cm³/mol. The lowest BCUT2D eigenvalue weighted by Gasteiger charge is -2.33. The van der Waals surface area contributed by atoms with E-state index < -0.39 is 23.5 Å². The number of nitrogens with one attached hydrogen (secondary N) is 2. The topological polar surface area (TPSA) is 105 Å². The van der Waals surface area contributed by atoms with Gasteiger partial charge in [0.15, 0.2) is 0 Å². The van der Waals surface area contributed by atoms with Gasteiger partial charge in [0.2, 0.25) is 5.91 Å². The van der Waals surface area contributed by atoms with Crippen molar-refractivity contribution in [1.82, 2.24) is 10.6 Å². The maximum Gasteiger partial charge on any atom is 0.407 e. The maximum atomic E-state index is 13.2. The summed E-state index contributed by atoms with van der Waals surface area (Å²) in [5, 5.41) is 14.9. The number of benzene rings is 2. The van der Waals surface area contributed by atoms with Crippen molar-refractivity contribution in [3.63, 3.8) is 0 Å². The molecule has 0 aliphatic heterocycles. The second kappa shape index (κ2) is 8.87. The quantitative estimate of drug-likeness (QED) is 0.472. The molecule has 1 spiro atoms. The highest BCUT2D eigenvalue weighted by Crippen LogP contribution is 2.73. The number of ether oxygens (including phenoxy) is 1. The monoisotopic (exact) mass is 474 g/mol. The van der Waals surface area contributed by atoms with E-state index in [-0.39, 0.29) is 36.8 Å². The molecule has 182 valence electrons. The average Bonchev–Trinajstić information content (AvgIpc) is 3.45. The zero-order valence-corrected chi connectivity index (χ0v) is 19.6. The van der Waals surface area contributed by atoms with E-state index in [1.54, 1.807) is 0 Å². The Morgan fingerprint density at radius 1 is 1.09 bits per heavy atom. The first kappa shape index (κ1) is 23.1. The summed E-state index contributed by atoms with van der Waals surface area (Å²) in [5.74, 6) is -1.45. The van der Waals surface area contributed by atoms with Gasteiger partial charge in [-0.2, -0.15) is 0 Å². The molecule has 2 aromatic rings. The molecule has 3 N–H and O–H groups in total. The first-order valence-electron chi connectivity index (χ1n) is 12.1. The third-order valence-corrected chi connectivity index (χ3v) is 8.16. The van der Waals surface area contributed by atoms with Gasteiger partial charge < -0.3 is 20.5 Å². The third kappa shape index (κ3) is 3.89. The van der Waals surface area contributed by atoms with Crippen LogP contribution in [-0.4, -0.2) is 42.3 Å². The first-order valence-corrected chi connectivity index (χ1v) is 12.1. The summed E-state index contributed by atoms with van der Waals surface area (Å²) in [5.41, 5.74) is 3.65. The van der Waals surface area contributed by atoms with E-state index >= 15 is 0 Å². The number of aliphatic carboxylic acids is 1. The summed E-state index contributed by atoms with van der Waals surface area (Å²) in [6.07, 6.45) is 4.56. The van der Waals surface area contributed by atoms with Gasteiger partial charge in [0.25, 0.3) is 0 Å². The largest absolute Gasteiger partial charge is 0.480 e. The molecule has 2 aromatic carbocycles. The van der Waals surface area contributed by atoms with Crippen molar-refractivity contribution < 1.29 is 24.2 Å². The summed E-state index contributed by atoms with van der Waals surface area (Å²) >= 11 is 0. The summed E-state index contributed by atoms with van der Waals surface area (Å²) in [7, 11) is 0. The van der Waals surface area contributed by atoms with Gasteiger partial charge in [-0.15, -0.1) is 6.58 Å². The van der Waals surface area contributed by atoms with Crippen LogP contribution in [0.1, 0.15) is 49.1 Å². The van der Waals surface area contributed by atoms with Crippen LogP contribution in [0.3, 0.4) is 0 Å². The number of carbonyl (C=O) groups is 3. The Hall–Kier alpha value is -3.61. The van der Waals surface area contributed by atoms with Gasteiger partial charge in [-0.3, -0.25) is 4.79 Å². The molecule has 2 unspecified atom stereocenters. The molecule has 35 heavy (non-hydrogen) atoms. The lowest BCUT2D eigenvalue weighted by Crippen LogP contribution is -2.50. The molecule has 2 fully saturated rings. The maximum absolute atomic E-state index is 13.2. The second-order valence-corrected chi connectivity index (χ2v) is 9.96. The lowest BCUT2D eigenvalue weighted by molar-refractivity contribution is -0.143. The number of carboxylic acid groups (broad SMARTS) is 1. The Labute approximate surface area is 204 Å². The van der Waals surface area contributed by atoms with Crippen LogP contribution in [0.4, 0.5) is 4.79 Å². The third-order valence-electron chi connectivity index (χ3n) is 8.16. The molecule has 2 amide bonds. The summed E-state index contributed by atoms with van der Waals surface area (Å²) < 4.78 is 5.63. The van der Waals surface area contributed by atoms with E-state index in [0.717, 1.165) is 41.5 Å². The molecule has 2 atom stereocenters. The van der Waals surface area contributed by atoms with Crippen molar-refractivity contribution in [1.29, 1.82) is 0 Å². The minimum absolute atomic E-state index is 0.0421. The van der Waals surface area contributed by atoms with Gasteiger partial charge in [-0.05, 0) is 53.4 Å². The number of fused-ring (bicyclic) bond motifs is 3. The van der Waals surface area contributed by atoms with E-state index in [0.29, 0.717) is 6.42 Å². The van der Waals surface area contributed by atoms with Crippen molar-refractivity contribution in [2.45, 2.75) is 44.1 Å². The van der Waals surface area contributed by atoms with Crippen LogP contribution in [0.5, 0.6) is 0 Å². The standard InChI is InChI=1S/C28H30N2O5/c1-2-8-23(24(31)32)30-25(33)28(16-27(28)13-7-14-27)17-29-26(34)35-15-22-20-11-5-3-9-18(20)19-10-4-6-12-21(19)22/h2-6,9-12,22-23H,1,7-8,13-17H2,(H,29,34)(H,30,33)(H,31,32). The van der Waals surface area contributed by atoms with Gasteiger partial charge in [-0.1, -0.05) is 61.0 Å². The van der Waals surface area contributed by atoms with Crippen molar-refractivity contribution in [3.8, 4) is 11.1 Å². The van der Waals surface area contributed by atoms with Gasteiger partial charge >= 0.3 is 12.1 Å².